The normalized spacial score (nSPS) is 21.7. The third-order valence-corrected chi connectivity index (χ3v) is 3.19. The minimum Gasteiger partial charge on any atom is -0.348 e. The Morgan fingerprint density at radius 1 is 1.32 bits per heavy atom. The third-order valence-electron chi connectivity index (χ3n) is 3.19. The van der Waals surface area contributed by atoms with Crippen LogP contribution in [0, 0.1) is 0 Å². The van der Waals surface area contributed by atoms with Gasteiger partial charge in [-0.05, 0) is 19.2 Å². The lowest BCUT2D eigenvalue weighted by Crippen LogP contribution is -2.55. The molecule has 1 fully saturated rings. The van der Waals surface area contributed by atoms with Crippen molar-refractivity contribution in [3.05, 3.63) is 17.8 Å². The first kappa shape index (κ1) is 14.0. The van der Waals surface area contributed by atoms with Crippen LogP contribution in [-0.2, 0) is 6.18 Å². The molecular formula is C11H16F3N5. The van der Waals surface area contributed by atoms with Gasteiger partial charge in [0.25, 0.3) is 0 Å². The van der Waals surface area contributed by atoms with E-state index in [1.807, 2.05) is 11.9 Å². The summed E-state index contributed by atoms with van der Waals surface area (Å²) in [6.07, 6.45) is -4.46. The summed E-state index contributed by atoms with van der Waals surface area (Å²) in [5.41, 5.74) is 4.72. The molecule has 1 saturated heterocycles. The van der Waals surface area contributed by atoms with Crippen LogP contribution in [0.3, 0.4) is 0 Å². The maximum absolute atomic E-state index is 12.4. The van der Waals surface area contributed by atoms with Crippen LogP contribution >= 0.6 is 0 Å². The summed E-state index contributed by atoms with van der Waals surface area (Å²) < 4.78 is 37.2. The Balaban J connectivity index is 2.17. The summed E-state index contributed by atoms with van der Waals surface area (Å²) in [5.74, 6) is 0.441. The number of anilines is 1. The second kappa shape index (κ2) is 5.30. The molecule has 19 heavy (non-hydrogen) atoms. The van der Waals surface area contributed by atoms with Gasteiger partial charge in [-0.1, -0.05) is 0 Å². The van der Waals surface area contributed by atoms with Gasteiger partial charge in [0, 0.05) is 26.2 Å². The zero-order chi connectivity index (χ0) is 14.0. The minimum atomic E-state index is -4.46. The van der Waals surface area contributed by atoms with Crippen LogP contribution in [0.4, 0.5) is 19.0 Å². The number of likely N-dealkylation sites (N-methyl/N-ethyl adjacent to an activating group) is 1. The molecule has 0 spiro atoms. The molecule has 0 aliphatic carbocycles. The van der Waals surface area contributed by atoms with E-state index in [0.717, 1.165) is 19.2 Å². The first-order valence-electron chi connectivity index (χ1n) is 5.98. The summed E-state index contributed by atoms with van der Waals surface area (Å²) >= 11 is 0. The van der Waals surface area contributed by atoms with Gasteiger partial charge in [-0.15, -0.1) is 10.2 Å². The average Bonchev–Trinajstić information content (AvgIpc) is 2.37. The maximum Gasteiger partial charge on any atom is 0.435 e. The van der Waals surface area contributed by atoms with Gasteiger partial charge in [-0.3, -0.25) is 0 Å². The van der Waals surface area contributed by atoms with Crippen LogP contribution in [0.2, 0.25) is 0 Å². The highest BCUT2D eigenvalue weighted by molar-refractivity contribution is 5.40. The van der Waals surface area contributed by atoms with E-state index in [2.05, 4.69) is 15.1 Å². The molecule has 1 aromatic rings. The molecule has 106 valence electrons. The van der Waals surface area contributed by atoms with Crippen molar-refractivity contribution in [2.24, 2.45) is 5.73 Å². The van der Waals surface area contributed by atoms with E-state index in [9.17, 15) is 13.2 Å². The Bertz CT molecular complexity index is 419. The number of aromatic nitrogens is 2. The zero-order valence-corrected chi connectivity index (χ0v) is 10.6. The van der Waals surface area contributed by atoms with Crippen LogP contribution in [0.25, 0.3) is 0 Å². The smallest absolute Gasteiger partial charge is 0.348 e. The van der Waals surface area contributed by atoms with E-state index in [1.54, 1.807) is 0 Å². The Kier molecular flexibility index (Phi) is 3.91. The molecule has 1 unspecified atom stereocenters. The number of nitrogens with zero attached hydrogens (tertiary/aromatic N) is 4. The van der Waals surface area contributed by atoms with E-state index in [0.29, 0.717) is 18.9 Å². The van der Waals surface area contributed by atoms with Crippen molar-refractivity contribution in [2.45, 2.75) is 12.2 Å². The number of piperazine rings is 1. The standard InChI is InChI=1S/C11H16F3N5/c1-18-4-5-19(8(6-15)7-18)10-3-2-9(16-17-10)11(12,13)14/h2-3,8H,4-7,15H2,1H3. The number of hydrogen-bond acceptors (Lipinski definition) is 5. The first-order chi connectivity index (χ1) is 8.91. The van der Waals surface area contributed by atoms with E-state index in [-0.39, 0.29) is 6.04 Å². The molecule has 0 bridgehead atoms. The Hall–Kier alpha value is -1.41. The maximum atomic E-state index is 12.4. The molecule has 5 nitrogen and oxygen atoms in total. The van der Waals surface area contributed by atoms with Gasteiger partial charge in [0.15, 0.2) is 11.5 Å². The van der Waals surface area contributed by atoms with Gasteiger partial charge >= 0.3 is 6.18 Å². The molecule has 0 aromatic carbocycles. The van der Waals surface area contributed by atoms with Crippen molar-refractivity contribution in [2.75, 3.05) is 38.1 Å². The largest absolute Gasteiger partial charge is 0.435 e. The van der Waals surface area contributed by atoms with Gasteiger partial charge in [0.1, 0.15) is 0 Å². The van der Waals surface area contributed by atoms with Gasteiger partial charge < -0.3 is 15.5 Å². The topological polar surface area (TPSA) is 58.3 Å². The van der Waals surface area contributed by atoms with Crippen LogP contribution in [0.5, 0.6) is 0 Å². The number of rotatable bonds is 2. The lowest BCUT2D eigenvalue weighted by Gasteiger charge is -2.40. The van der Waals surface area contributed by atoms with Crippen LogP contribution in [0.15, 0.2) is 12.1 Å². The fraction of sp³-hybridized carbons (Fsp3) is 0.636. The van der Waals surface area contributed by atoms with E-state index < -0.39 is 11.9 Å². The summed E-state index contributed by atoms with van der Waals surface area (Å²) in [6.45, 7) is 2.68. The second-order valence-corrected chi connectivity index (χ2v) is 4.62. The second-order valence-electron chi connectivity index (χ2n) is 4.62. The number of alkyl halides is 3. The average molecular weight is 275 g/mol. The van der Waals surface area contributed by atoms with Crippen molar-refractivity contribution in [3.63, 3.8) is 0 Å². The predicted octanol–water partition coefficient (Wildman–Crippen LogP) is 0.575. The van der Waals surface area contributed by atoms with Gasteiger partial charge in [0.05, 0.1) is 6.04 Å². The summed E-state index contributed by atoms with van der Waals surface area (Å²) in [7, 11) is 1.98. The number of hydrogen-bond donors (Lipinski definition) is 1. The highest BCUT2D eigenvalue weighted by Crippen LogP contribution is 2.28. The lowest BCUT2D eigenvalue weighted by atomic mass is 10.1. The Morgan fingerprint density at radius 2 is 2.05 bits per heavy atom. The van der Waals surface area contributed by atoms with Crippen molar-refractivity contribution >= 4 is 5.82 Å². The van der Waals surface area contributed by atoms with Crippen molar-refractivity contribution < 1.29 is 13.2 Å². The molecule has 1 aliphatic heterocycles. The molecule has 0 amide bonds. The lowest BCUT2D eigenvalue weighted by molar-refractivity contribution is -0.141. The molecule has 1 aliphatic rings. The monoisotopic (exact) mass is 275 g/mol. The van der Waals surface area contributed by atoms with Crippen LogP contribution in [0.1, 0.15) is 5.69 Å². The van der Waals surface area contributed by atoms with Crippen molar-refractivity contribution in [1.29, 1.82) is 0 Å². The highest BCUT2D eigenvalue weighted by Gasteiger charge is 2.33. The van der Waals surface area contributed by atoms with Gasteiger partial charge in [-0.2, -0.15) is 13.2 Å². The fourth-order valence-electron chi connectivity index (χ4n) is 2.14. The zero-order valence-electron chi connectivity index (χ0n) is 10.6. The minimum absolute atomic E-state index is 0.0461. The van der Waals surface area contributed by atoms with E-state index in [4.69, 9.17) is 5.73 Å². The molecule has 2 heterocycles. The highest BCUT2D eigenvalue weighted by atomic mass is 19.4. The summed E-state index contributed by atoms with van der Waals surface area (Å²) in [5, 5.41) is 6.92. The van der Waals surface area contributed by atoms with Crippen LogP contribution < -0.4 is 10.6 Å². The summed E-state index contributed by atoms with van der Waals surface area (Å²) in [4.78, 5) is 4.04. The molecule has 1 atom stereocenters. The van der Waals surface area contributed by atoms with Crippen molar-refractivity contribution in [1.82, 2.24) is 15.1 Å². The summed E-state index contributed by atoms with van der Waals surface area (Å²) in [6, 6.07) is 2.35. The first-order valence-corrected chi connectivity index (χ1v) is 5.98. The molecule has 2 N–H and O–H groups in total. The fourth-order valence-corrected chi connectivity index (χ4v) is 2.14. The van der Waals surface area contributed by atoms with Crippen molar-refractivity contribution in [3.8, 4) is 0 Å². The molecule has 0 saturated carbocycles. The SMILES string of the molecule is CN1CCN(c2ccc(C(F)(F)F)nn2)C(CN)C1. The van der Waals surface area contributed by atoms with Gasteiger partial charge in [-0.25, -0.2) is 0 Å². The predicted molar refractivity (Wildman–Crippen MR) is 64.7 cm³/mol. The molecule has 8 heteroatoms. The molecule has 0 radical (unpaired) electrons. The third kappa shape index (κ3) is 3.13. The quantitative estimate of drug-likeness (QED) is 0.855. The Labute approximate surface area is 109 Å². The van der Waals surface area contributed by atoms with E-state index >= 15 is 0 Å². The number of nitrogens with two attached hydrogens (primary N) is 1. The molecule has 1 aromatic heterocycles. The number of halogens is 3. The van der Waals surface area contributed by atoms with E-state index in [1.165, 1.54) is 6.07 Å². The Morgan fingerprint density at radius 3 is 2.58 bits per heavy atom. The molecule has 2 rings (SSSR count). The molecular weight excluding hydrogens is 259 g/mol. The van der Waals surface area contributed by atoms with Gasteiger partial charge in [0.2, 0.25) is 0 Å². The van der Waals surface area contributed by atoms with Crippen LogP contribution in [-0.4, -0.2) is 54.4 Å².